The predicted octanol–water partition coefficient (Wildman–Crippen LogP) is 5.87. The van der Waals surface area contributed by atoms with E-state index in [9.17, 15) is 4.39 Å². The van der Waals surface area contributed by atoms with Crippen LogP contribution in [0.3, 0.4) is 0 Å². The molecular formula is C22H21FN4O. The first-order valence-electron chi connectivity index (χ1n) is 9.05. The van der Waals surface area contributed by atoms with Crippen molar-refractivity contribution in [3.8, 4) is 11.6 Å². The molecule has 0 atom stereocenters. The molecule has 2 N–H and O–H groups in total. The monoisotopic (exact) mass is 376 g/mol. The Balaban J connectivity index is 1.78. The number of ether oxygens (including phenoxy) is 1. The van der Waals surface area contributed by atoms with E-state index in [0.717, 1.165) is 33.5 Å². The standard InChI is InChI=1S/C22H21FN4O/c1-12-9-13(2)20(14(3)10-12)28-21-19-18(15(4)11-24-19)26-22(27-21)25-17-7-5-16(23)6-8-17/h5-11,24H,1-4H3,(H,25,26,27). The van der Waals surface area contributed by atoms with Crippen molar-refractivity contribution in [2.45, 2.75) is 27.7 Å². The Morgan fingerprint density at radius 1 is 0.929 bits per heavy atom. The predicted molar refractivity (Wildman–Crippen MR) is 109 cm³/mol. The van der Waals surface area contributed by atoms with Crippen LogP contribution in [-0.2, 0) is 0 Å². The summed E-state index contributed by atoms with van der Waals surface area (Å²) in [6.45, 7) is 8.07. The molecule has 0 aliphatic carbocycles. The molecule has 0 spiro atoms. The molecule has 4 aromatic rings. The van der Waals surface area contributed by atoms with Crippen LogP contribution in [0.1, 0.15) is 22.3 Å². The van der Waals surface area contributed by atoms with E-state index in [2.05, 4.69) is 39.3 Å². The zero-order valence-corrected chi connectivity index (χ0v) is 16.2. The highest BCUT2D eigenvalue weighted by molar-refractivity contribution is 5.85. The zero-order valence-electron chi connectivity index (χ0n) is 16.2. The summed E-state index contributed by atoms with van der Waals surface area (Å²) in [5.74, 6) is 1.32. The average Bonchev–Trinajstić information content (AvgIpc) is 3.01. The summed E-state index contributed by atoms with van der Waals surface area (Å²) in [5, 5.41) is 3.12. The van der Waals surface area contributed by atoms with Gasteiger partial charge in [-0.3, -0.25) is 0 Å². The van der Waals surface area contributed by atoms with E-state index in [-0.39, 0.29) is 5.82 Å². The van der Waals surface area contributed by atoms with Crippen LogP contribution < -0.4 is 10.1 Å². The number of aromatic nitrogens is 3. The largest absolute Gasteiger partial charge is 0.436 e. The van der Waals surface area contributed by atoms with Gasteiger partial charge in [0.1, 0.15) is 22.6 Å². The first-order valence-corrected chi connectivity index (χ1v) is 9.05. The van der Waals surface area contributed by atoms with Gasteiger partial charge in [0.25, 0.3) is 0 Å². The van der Waals surface area contributed by atoms with Gasteiger partial charge in [-0.25, -0.2) is 9.37 Å². The Labute approximate surface area is 162 Å². The van der Waals surface area contributed by atoms with Gasteiger partial charge in [0, 0.05) is 11.9 Å². The van der Waals surface area contributed by atoms with E-state index in [1.165, 1.54) is 17.7 Å². The van der Waals surface area contributed by atoms with E-state index in [1.54, 1.807) is 12.1 Å². The molecule has 0 fully saturated rings. The number of aromatic amines is 1. The highest BCUT2D eigenvalue weighted by atomic mass is 19.1. The number of H-pyrrole nitrogens is 1. The van der Waals surface area contributed by atoms with Crippen molar-refractivity contribution in [1.82, 2.24) is 15.0 Å². The quantitative estimate of drug-likeness (QED) is 0.468. The van der Waals surface area contributed by atoms with Crippen LogP contribution in [0.25, 0.3) is 11.0 Å². The molecule has 28 heavy (non-hydrogen) atoms. The molecule has 0 bridgehead atoms. The molecular weight excluding hydrogens is 355 g/mol. The Hall–Kier alpha value is -3.41. The second-order valence-corrected chi connectivity index (χ2v) is 7.01. The fourth-order valence-corrected chi connectivity index (χ4v) is 3.32. The van der Waals surface area contributed by atoms with Crippen molar-refractivity contribution in [1.29, 1.82) is 0 Å². The third-order valence-electron chi connectivity index (χ3n) is 4.59. The van der Waals surface area contributed by atoms with Gasteiger partial charge in [-0.15, -0.1) is 0 Å². The lowest BCUT2D eigenvalue weighted by atomic mass is 10.1. The third kappa shape index (κ3) is 3.41. The Morgan fingerprint density at radius 3 is 2.29 bits per heavy atom. The number of hydrogen-bond acceptors (Lipinski definition) is 4. The van der Waals surface area contributed by atoms with Crippen LogP contribution in [0.15, 0.2) is 42.6 Å². The highest BCUT2D eigenvalue weighted by Gasteiger charge is 2.16. The minimum atomic E-state index is -0.294. The minimum Gasteiger partial charge on any atom is -0.436 e. The molecule has 0 aliphatic heterocycles. The van der Waals surface area contributed by atoms with E-state index in [0.29, 0.717) is 17.5 Å². The van der Waals surface area contributed by atoms with Gasteiger partial charge in [0.05, 0.1) is 0 Å². The fraction of sp³-hybridized carbons (Fsp3) is 0.182. The summed E-state index contributed by atoms with van der Waals surface area (Å²) in [7, 11) is 0. The molecule has 0 radical (unpaired) electrons. The molecule has 0 saturated carbocycles. The Kier molecular flexibility index (Phi) is 4.47. The number of rotatable bonds is 4. The molecule has 5 nitrogen and oxygen atoms in total. The first-order chi connectivity index (χ1) is 13.4. The van der Waals surface area contributed by atoms with Crippen LogP contribution in [0.2, 0.25) is 0 Å². The van der Waals surface area contributed by atoms with Crippen LogP contribution in [0.4, 0.5) is 16.0 Å². The van der Waals surface area contributed by atoms with Crippen LogP contribution in [0.5, 0.6) is 11.6 Å². The van der Waals surface area contributed by atoms with E-state index >= 15 is 0 Å². The fourth-order valence-electron chi connectivity index (χ4n) is 3.32. The van der Waals surface area contributed by atoms with E-state index in [4.69, 9.17) is 4.74 Å². The normalized spacial score (nSPS) is 11.0. The topological polar surface area (TPSA) is 62.8 Å². The maximum absolute atomic E-state index is 13.2. The Bertz CT molecular complexity index is 1140. The summed E-state index contributed by atoms with van der Waals surface area (Å²) < 4.78 is 19.4. The maximum Gasteiger partial charge on any atom is 0.248 e. The number of fused-ring (bicyclic) bond motifs is 1. The lowest BCUT2D eigenvalue weighted by Gasteiger charge is -2.14. The lowest BCUT2D eigenvalue weighted by Crippen LogP contribution is -2.01. The van der Waals surface area contributed by atoms with Gasteiger partial charge >= 0.3 is 0 Å². The maximum atomic E-state index is 13.2. The van der Waals surface area contributed by atoms with Gasteiger partial charge in [-0.1, -0.05) is 17.7 Å². The third-order valence-corrected chi connectivity index (χ3v) is 4.59. The number of anilines is 2. The minimum absolute atomic E-state index is 0.294. The van der Waals surface area contributed by atoms with Gasteiger partial charge < -0.3 is 15.0 Å². The van der Waals surface area contributed by atoms with Crippen LogP contribution in [-0.4, -0.2) is 15.0 Å². The van der Waals surface area contributed by atoms with Crippen LogP contribution >= 0.6 is 0 Å². The lowest BCUT2D eigenvalue weighted by molar-refractivity contribution is 0.461. The van der Waals surface area contributed by atoms with Crippen LogP contribution in [0, 0.1) is 33.5 Å². The molecule has 4 rings (SSSR count). The SMILES string of the molecule is Cc1cc(C)c(Oc2nc(Nc3ccc(F)cc3)nc3c(C)c[nH]c23)c(C)c1. The van der Waals surface area contributed by atoms with Gasteiger partial charge in [0.2, 0.25) is 11.8 Å². The molecule has 0 amide bonds. The molecule has 142 valence electrons. The van der Waals surface area contributed by atoms with Gasteiger partial charge in [-0.2, -0.15) is 4.98 Å². The van der Waals surface area contributed by atoms with Gasteiger partial charge in [0.15, 0.2) is 0 Å². The van der Waals surface area contributed by atoms with E-state index in [1.807, 2.05) is 27.0 Å². The molecule has 2 aromatic carbocycles. The number of benzene rings is 2. The summed E-state index contributed by atoms with van der Waals surface area (Å²) >= 11 is 0. The van der Waals surface area contributed by atoms with Crippen molar-refractivity contribution in [2.24, 2.45) is 0 Å². The van der Waals surface area contributed by atoms with Crippen molar-refractivity contribution < 1.29 is 9.13 Å². The number of hydrogen-bond donors (Lipinski definition) is 2. The smallest absolute Gasteiger partial charge is 0.248 e. The average molecular weight is 376 g/mol. The van der Waals surface area contributed by atoms with E-state index < -0.39 is 0 Å². The van der Waals surface area contributed by atoms with Crippen molar-refractivity contribution >= 4 is 22.7 Å². The molecule has 0 unspecified atom stereocenters. The number of halogens is 1. The summed E-state index contributed by atoms with van der Waals surface area (Å²) in [6.07, 6.45) is 1.88. The number of aryl methyl sites for hydroxylation is 4. The highest BCUT2D eigenvalue weighted by Crippen LogP contribution is 2.34. The molecule has 0 saturated heterocycles. The van der Waals surface area contributed by atoms with Gasteiger partial charge in [-0.05, 0) is 68.7 Å². The first kappa shape index (κ1) is 18.0. The summed E-state index contributed by atoms with van der Waals surface area (Å²) in [6, 6.07) is 10.2. The molecule has 2 aromatic heterocycles. The summed E-state index contributed by atoms with van der Waals surface area (Å²) in [5.41, 5.74) is 6.47. The van der Waals surface area contributed by atoms with Crippen molar-refractivity contribution in [3.63, 3.8) is 0 Å². The van der Waals surface area contributed by atoms with Crippen molar-refractivity contribution in [2.75, 3.05) is 5.32 Å². The number of nitrogens with one attached hydrogen (secondary N) is 2. The summed E-state index contributed by atoms with van der Waals surface area (Å²) in [4.78, 5) is 12.3. The van der Waals surface area contributed by atoms with Crippen molar-refractivity contribution in [3.05, 3.63) is 70.7 Å². The second kappa shape index (κ2) is 6.96. The molecule has 2 heterocycles. The zero-order chi connectivity index (χ0) is 19.8. The Morgan fingerprint density at radius 2 is 1.61 bits per heavy atom. The second-order valence-electron chi connectivity index (χ2n) is 7.01. The molecule has 6 heteroatoms. The number of nitrogens with zero attached hydrogens (tertiary/aromatic N) is 2. The molecule has 0 aliphatic rings.